The lowest BCUT2D eigenvalue weighted by Gasteiger charge is -2.32. The summed E-state index contributed by atoms with van der Waals surface area (Å²) in [6.45, 7) is 6.23. The summed E-state index contributed by atoms with van der Waals surface area (Å²) >= 11 is 0. The van der Waals surface area contributed by atoms with Gasteiger partial charge >= 0.3 is 0 Å². The number of fused-ring (bicyclic) bond motifs is 1. The van der Waals surface area contributed by atoms with E-state index in [0.29, 0.717) is 18.0 Å². The minimum Gasteiger partial charge on any atom is -0.319 e. The molecule has 0 atom stereocenters. The zero-order chi connectivity index (χ0) is 14.3. The third-order valence-corrected chi connectivity index (χ3v) is 4.83. The molecule has 116 valence electrons. The number of halogens is 1. The molecule has 0 unspecified atom stereocenters. The van der Waals surface area contributed by atoms with Gasteiger partial charge in [0.25, 0.3) is 5.56 Å². The monoisotopic (exact) mass is 310 g/mol. The fourth-order valence-electron chi connectivity index (χ4n) is 3.42. The highest BCUT2D eigenvalue weighted by molar-refractivity contribution is 5.97. The molecule has 2 aliphatic rings. The number of hydrogen-bond donors (Lipinski definition) is 2. The highest BCUT2D eigenvalue weighted by Gasteiger charge is 2.34. The third-order valence-electron chi connectivity index (χ3n) is 4.83. The Morgan fingerprint density at radius 2 is 1.86 bits per heavy atom. The summed E-state index contributed by atoms with van der Waals surface area (Å²) in [5.74, 6) is 0.395. The molecule has 5 heteroatoms. The highest BCUT2D eigenvalue weighted by Crippen LogP contribution is 2.37. The van der Waals surface area contributed by atoms with Gasteiger partial charge in [0.05, 0.1) is 5.69 Å². The molecule has 2 heterocycles. The van der Waals surface area contributed by atoms with Gasteiger partial charge in [-0.15, -0.1) is 12.4 Å². The van der Waals surface area contributed by atoms with Gasteiger partial charge in [0.2, 0.25) is 0 Å². The van der Waals surface area contributed by atoms with Crippen molar-refractivity contribution in [3.05, 3.63) is 33.2 Å². The van der Waals surface area contributed by atoms with Crippen molar-refractivity contribution < 1.29 is 4.79 Å². The van der Waals surface area contributed by atoms with E-state index < -0.39 is 0 Å². The average Bonchev–Trinajstić information content (AvgIpc) is 2.44. The number of pyridine rings is 1. The summed E-state index contributed by atoms with van der Waals surface area (Å²) in [7, 11) is 0. The third kappa shape index (κ3) is 2.92. The number of carbonyl (C=O) groups excluding carboxylic acids is 1. The van der Waals surface area contributed by atoms with Gasteiger partial charge in [0.1, 0.15) is 0 Å². The van der Waals surface area contributed by atoms with E-state index in [9.17, 15) is 9.59 Å². The maximum Gasteiger partial charge on any atom is 0.251 e. The van der Waals surface area contributed by atoms with Crippen molar-refractivity contribution in [3.8, 4) is 0 Å². The van der Waals surface area contributed by atoms with Gasteiger partial charge in [0, 0.05) is 12.0 Å². The topological polar surface area (TPSA) is 62.0 Å². The molecule has 1 aromatic heterocycles. The molecule has 21 heavy (non-hydrogen) atoms. The van der Waals surface area contributed by atoms with Crippen LogP contribution in [0.5, 0.6) is 0 Å². The Kier molecular flexibility index (Phi) is 4.59. The molecular weight excluding hydrogens is 288 g/mol. The first-order chi connectivity index (χ1) is 9.49. The number of hydrogen-bond acceptors (Lipinski definition) is 3. The van der Waals surface area contributed by atoms with Crippen LogP contribution in [0.2, 0.25) is 0 Å². The van der Waals surface area contributed by atoms with Crippen LogP contribution in [0.4, 0.5) is 0 Å². The minimum atomic E-state index is -0.0679. The molecule has 1 aliphatic carbocycles. The van der Waals surface area contributed by atoms with Gasteiger partial charge in [-0.1, -0.05) is 13.8 Å². The van der Waals surface area contributed by atoms with Crippen LogP contribution in [0.15, 0.2) is 10.9 Å². The molecule has 2 N–H and O–H groups in total. The van der Waals surface area contributed by atoms with Gasteiger partial charge in [-0.3, -0.25) is 9.59 Å². The summed E-state index contributed by atoms with van der Waals surface area (Å²) in [6, 6.07) is 2.02. The number of aromatic nitrogens is 1. The Hall–Kier alpha value is -1.13. The van der Waals surface area contributed by atoms with Crippen molar-refractivity contribution in [2.24, 2.45) is 0 Å². The quantitative estimate of drug-likeness (QED) is 0.838. The maximum absolute atomic E-state index is 12.3. The second-order valence-electron chi connectivity index (χ2n) is 6.67. The number of aromatic amines is 1. The smallest absolute Gasteiger partial charge is 0.251 e. The predicted molar refractivity (Wildman–Crippen MR) is 85.7 cm³/mol. The molecule has 1 aromatic rings. The molecule has 0 aromatic carbocycles. The van der Waals surface area contributed by atoms with E-state index in [1.54, 1.807) is 0 Å². The Balaban J connectivity index is 0.00000161. The fourth-order valence-corrected chi connectivity index (χ4v) is 3.42. The van der Waals surface area contributed by atoms with Gasteiger partial charge in [-0.25, -0.2) is 0 Å². The zero-order valence-electron chi connectivity index (χ0n) is 12.6. The van der Waals surface area contributed by atoms with Gasteiger partial charge in [0.15, 0.2) is 5.78 Å². The standard InChI is InChI=1S/C16H22N2O2.ClH/c1-16(2)6-3-13(19)14-12(16)9-11(15(20)18-14)10-4-7-17-8-5-10;/h9-10,17H,3-8H2,1-2H3,(H,18,20);1H. The number of carbonyl (C=O) groups is 1. The Morgan fingerprint density at radius 1 is 1.19 bits per heavy atom. The Labute approximate surface area is 131 Å². The van der Waals surface area contributed by atoms with E-state index in [4.69, 9.17) is 0 Å². The summed E-state index contributed by atoms with van der Waals surface area (Å²) in [5, 5.41) is 3.32. The molecule has 0 bridgehead atoms. The molecule has 1 aliphatic heterocycles. The van der Waals surface area contributed by atoms with Gasteiger partial charge in [-0.2, -0.15) is 0 Å². The van der Waals surface area contributed by atoms with Crippen molar-refractivity contribution in [1.82, 2.24) is 10.3 Å². The second-order valence-corrected chi connectivity index (χ2v) is 6.67. The number of Topliss-reactive ketones (excluding diaryl/α,β-unsaturated/α-hetero) is 1. The first-order valence-corrected chi connectivity index (χ1v) is 7.50. The summed E-state index contributed by atoms with van der Waals surface area (Å²) in [4.78, 5) is 27.2. The first-order valence-electron chi connectivity index (χ1n) is 7.50. The Morgan fingerprint density at radius 3 is 2.52 bits per heavy atom. The largest absolute Gasteiger partial charge is 0.319 e. The van der Waals surface area contributed by atoms with Crippen LogP contribution in [-0.4, -0.2) is 23.9 Å². The van der Waals surface area contributed by atoms with E-state index in [1.807, 2.05) is 6.07 Å². The van der Waals surface area contributed by atoms with Crippen molar-refractivity contribution in [1.29, 1.82) is 0 Å². The Bertz CT molecular complexity index is 601. The van der Waals surface area contributed by atoms with Crippen LogP contribution in [0.1, 0.15) is 67.1 Å². The lowest BCUT2D eigenvalue weighted by molar-refractivity contribution is 0.0950. The fraction of sp³-hybridized carbons (Fsp3) is 0.625. The number of H-pyrrole nitrogens is 1. The summed E-state index contributed by atoms with van der Waals surface area (Å²) in [6.07, 6.45) is 3.38. The molecule has 0 amide bonds. The predicted octanol–water partition coefficient (Wildman–Crippen LogP) is 2.52. The van der Waals surface area contributed by atoms with E-state index in [2.05, 4.69) is 24.1 Å². The highest BCUT2D eigenvalue weighted by atomic mass is 35.5. The lowest BCUT2D eigenvalue weighted by atomic mass is 9.73. The minimum absolute atomic E-state index is 0. The number of rotatable bonds is 1. The SMILES string of the molecule is CC1(C)CCC(=O)c2[nH]c(=O)c(C3CCNCC3)cc21.Cl. The molecule has 1 fully saturated rings. The van der Waals surface area contributed by atoms with Crippen LogP contribution >= 0.6 is 12.4 Å². The number of ketones is 1. The lowest BCUT2D eigenvalue weighted by Crippen LogP contribution is -2.34. The van der Waals surface area contributed by atoms with Crippen LogP contribution < -0.4 is 10.9 Å². The van der Waals surface area contributed by atoms with E-state index >= 15 is 0 Å². The molecule has 1 saturated heterocycles. The van der Waals surface area contributed by atoms with Crippen molar-refractivity contribution in [2.75, 3.05) is 13.1 Å². The summed E-state index contributed by atoms with van der Waals surface area (Å²) < 4.78 is 0. The van der Waals surface area contributed by atoms with Crippen LogP contribution in [0.3, 0.4) is 0 Å². The zero-order valence-corrected chi connectivity index (χ0v) is 13.4. The van der Waals surface area contributed by atoms with Gasteiger partial charge < -0.3 is 10.3 Å². The van der Waals surface area contributed by atoms with Crippen LogP contribution in [0, 0.1) is 0 Å². The van der Waals surface area contributed by atoms with Crippen LogP contribution in [-0.2, 0) is 5.41 Å². The molecule has 3 rings (SSSR count). The van der Waals surface area contributed by atoms with Crippen molar-refractivity contribution in [3.63, 3.8) is 0 Å². The first kappa shape index (κ1) is 16.2. The maximum atomic E-state index is 12.3. The van der Waals surface area contributed by atoms with E-state index in [-0.39, 0.29) is 29.2 Å². The molecule has 0 radical (unpaired) electrons. The molecule has 4 nitrogen and oxygen atoms in total. The molecular formula is C16H23ClN2O2. The van der Waals surface area contributed by atoms with Crippen LogP contribution in [0.25, 0.3) is 0 Å². The number of piperidine rings is 1. The van der Waals surface area contributed by atoms with E-state index in [1.165, 1.54) is 0 Å². The average molecular weight is 311 g/mol. The van der Waals surface area contributed by atoms with Crippen molar-refractivity contribution in [2.45, 2.75) is 50.9 Å². The normalized spacial score (nSPS) is 21.5. The summed E-state index contributed by atoms with van der Waals surface area (Å²) in [5.41, 5.74) is 2.34. The van der Waals surface area contributed by atoms with Gasteiger partial charge in [-0.05, 0) is 55.3 Å². The number of nitrogens with one attached hydrogen (secondary N) is 2. The van der Waals surface area contributed by atoms with E-state index in [0.717, 1.165) is 43.5 Å². The second kappa shape index (κ2) is 5.93. The molecule has 0 saturated carbocycles. The van der Waals surface area contributed by atoms with Crippen molar-refractivity contribution >= 4 is 18.2 Å². The molecule has 0 spiro atoms.